The lowest BCUT2D eigenvalue weighted by atomic mass is 9.92. The van der Waals surface area contributed by atoms with Crippen molar-refractivity contribution in [3.63, 3.8) is 0 Å². The summed E-state index contributed by atoms with van der Waals surface area (Å²) < 4.78 is 0. The van der Waals surface area contributed by atoms with Gasteiger partial charge in [0.1, 0.15) is 5.78 Å². The zero-order valence-corrected chi connectivity index (χ0v) is 12.9. The van der Waals surface area contributed by atoms with Gasteiger partial charge in [-0.1, -0.05) is 19.3 Å². The van der Waals surface area contributed by atoms with Gasteiger partial charge in [0.15, 0.2) is 0 Å². The van der Waals surface area contributed by atoms with Crippen LogP contribution in [-0.2, 0) is 9.59 Å². The fourth-order valence-electron chi connectivity index (χ4n) is 3.43. The predicted molar refractivity (Wildman–Crippen MR) is 79.5 cm³/mol. The molecule has 1 atom stereocenters. The fourth-order valence-corrected chi connectivity index (χ4v) is 3.43. The molecule has 2 rings (SSSR count). The zero-order chi connectivity index (χ0) is 14.5. The van der Waals surface area contributed by atoms with Gasteiger partial charge in [0.05, 0.1) is 6.04 Å². The fraction of sp³-hybridized carbons (Fsp3) is 0.875. The number of Topliss-reactive ketones (excluding diaryl/α,β-unsaturated/α-hetero) is 1. The van der Waals surface area contributed by atoms with Gasteiger partial charge in [-0.2, -0.15) is 0 Å². The second kappa shape index (κ2) is 7.21. The number of carbonyl (C=O) groups excluding carboxylic acids is 2. The lowest BCUT2D eigenvalue weighted by molar-refractivity contribution is -0.128. The van der Waals surface area contributed by atoms with E-state index in [-0.39, 0.29) is 17.9 Å². The first-order chi connectivity index (χ1) is 9.58. The normalized spacial score (nSPS) is 24.3. The van der Waals surface area contributed by atoms with Crippen LogP contribution in [-0.4, -0.2) is 41.8 Å². The van der Waals surface area contributed by atoms with Crippen LogP contribution in [0, 0.1) is 5.92 Å². The maximum atomic E-state index is 12.3. The number of piperidine rings is 1. The maximum Gasteiger partial charge on any atom is 0.237 e. The van der Waals surface area contributed by atoms with Crippen molar-refractivity contribution in [2.75, 3.05) is 13.1 Å². The Kier molecular flexibility index (Phi) is 5.58. The second-order valence-electron chi connectivity index (χ2n) is 6.44. The minimum atomic E-state index is -0.0650. The Labute approximate surface area is 122 Å². The van der Waals surface area contributed by atoms with Gasteiger partial charge in [0, 0.05) is 12.0 Å². The Hall–Kier alpha value is -0.900. The Balaban J connectivity index is 1.77. The smallest absolute Gasteiger partial charge is 0.237 e. The van der Waals surface area contributed by atoms with Crippen molar-refractivity contribution in [1.29, 1.82) is 0 Å². The average Bonchev–Trinajstić information content (AvgIpc) is 2.47. The van der Waals surface area contributed by atoms with E-state index in [1.807, 2.05) is 6.92 Å². The van der Waals surface area contributed by atoms with Crippen molar-refractivity contribution in [2.45, 2.75) is 70.9 Å². The molecule has 0 aromatic heterocycles. The Bertz CT molecular complexity index is 342. The Morgan fingerprint density at radius 3 is 2.20 bits per heavy atom. The van der Waals surface area contributed by atoms with Crippen LogP contribution in [0.15, 0.2) is 0 Å². The van der Waals surface area contributed by atoms with E-state index in [2.05, 4.69) is 10.2 Å². The van der Waals surface area contributed by atoms with Crippen LogP contribution in [0.3, 0.4) is 0 Å². The molecule has 1 heterocycles. The maximum absolute atomic E-state index is 12.3. The molecule has 1 aliphatic heterocycles. The summed E-state index contributed by atoms with van der Waals surface area (Å²) in [5.41, 5.74) is 0. The molecular weight excluding hydrogens is 252 g/mol. The van der Waals surface area contributed by atoms with E-state index in [1.54, 1.807) is 6.92 Å². The van der Waals surface area contributed by atoms with Gasteiger partial charge >= 0.3 is 0 Å². The summed E-state index contributed by atoms with van der Waals surface area (Å²) in [6.07, 6.45) is 7.84. The number of likely N-dealkylation sites (tertiary alicyclic amines) is 1. The summed E-state index contributed by atoms with van der Waals surface area (Å²) in [4.78, 5) is 25.9. The molecule has 1 amide bonds. The molecule has 1 saturated heterocycles. The second-order valence-corrected chi connectivity index (χ2v) is 6.44. The molecular formula is C16H28N2O2. The number of hydrogen-bond acceptors (Lipinski definition) is 3. The SMILES string of the molecule is CC(=O)C1CCN(C(C)C(=O)NC2CCCCC2)CC1. The van der Waals surface area contributed by atoms with Crippen molar-refractivity contribution in [2.24, 2.45) is 5.92 Å². The molecule has 0 aromatic rings. The highest BCUT2D eigenvalue weighted by molar-refractivity contribution is 5.82. The van der Waals surface area contributed by atoms with Crippen molar-refractivity contribution < 1.29 is 9.59 Å². The first-order valence-electron chi connectivity index (χ1n) is 8.13. The Morgan fingerprint density at radius 2 is 1.65 bits per heavy atom. The average molecular weight is 280 g/mol. The van der Waals surface area contributed by atoms with Gasteiger partial charge in [0.2, 0.25) is 5.91 Å². The third kappa shape index (κ3) is 4.05. The third-order valence-electron chi connectivity index (χ3n) is 4.98. The minimum Gasteiger partial charge on any atom is -0.352 e. The lowest BCUT2D eigenvalue weighted by Crippen LogP contribution is -2.51. The third-order valence-corrected chi connectivity index (χ3v) is 4.98. The van der Waals surface area contributed by atoms with E-state index < -0.39 is 0 Å². The summed E-state index contributed by atoms with van der Waals surface area (Å²) in [5, 5.41) is 3.20. The molecule has 4 nitrogen and oxygen atoms in total. The largest absolute Gasteiger partial charge is 0.352 e. The van der Waals surface area contributed by atoms with E-state index in [1.165, 1.54) is 19.3 Å². The number of ketones is 1. The van der Waals surface area contributed by atoms with Crippen molar-refractivity contribution in [1.82, 2.24) is 10.2 Å². The van der Waals surface area contributed by atoms with Gasteiger partial charge in [0.25, 0.3) is 0 Å². The van der Waals surface area contributed by atoms with Crippen LogP contribution < -0.4 is 5.32 Å². The zero-order valence-electron chi connectivity index (χ0n) is 12.9. The summed E-state index contributed by atoms with van der Waals surface area (Å²) in [6, 6.07) is 0.318. The van der Waals surface area contributed by atoms with Gasteiger partial charge in [-0.15, -0.1) is 0 Å². The number of carbonyl (C=O) groups is 2. The van der Waals surface area contributed by atoms with Crippen molar-refractivity contribution in [3.05, 3.63) is 0 Å². The van der Waals surface area contributed by atoms with Gasteiger partial charge < -0.3 is 5.32 Å². The monoisotopic (exact) mass is 280 g/mol. The van der Waals surface area contributed by atoms with Crippen LogP contribution in [0.2, 0.25) is 0 Å². The van der Waals surface area contributed by atoms with E-state index in [0.29, 0.717) is 11.8 Å². The van der Waals surface area contributed by atoms with E-state index in [9.17, 15) is 9.59 Å². The van der Waals surface area contributed by atoms with Gasteiger partial charge in [-0.05, 0) is 52.6 Å². The molecule has 1 saturated carbocycles. The molecule has 2 fully saturated rings. The summed E-state index contributed by atoms with van der Waals surface area (Å²) in [5.74, 6) is 0.669. The van der Waals surface area contributed by atoms with Crippen LogP contribution >= 0.6 is 0 Å². The number of rotatable bonds is 4. The van der Waals surface area contributed by atoms with Crippen molar-refractivity contribution >= 4 is 11.7 Å². The molecule has 0 aromatic carbocycles. The number of nitrogens with one attached hydrogen (secondary N) is 1. The standard InChI is InChI=1S/C16H28N2O2/c1-12(16(20)17-15-6-4-3-5-7-15)18-10-8-14(9-11-18)13(2)19/h12,14-15H,3-11H2,1-2H3,(H,17,20). The quantitative estimate of drug-likeness (QED) is 0.858. The molecule has 1 aliphatic carbocycles. The Morgan fingerprint density at radius 1 is 1.05 bits per heavy atom. The molecule has 20 heavy (non-hydrogen) atoms. The highest BCUT2D eigenvalue weighted by atomic mass is 16.2. The van der Waals surface area contributed by atoms with Crippen LogP contribution in [0.4, 0.5) is 0 Å². The molecule has 0 radical (unpaired) electrons. The summed E-state index contributed by atoms with van der Waals surface area (Å²) >= 11 is 0. The lowest BCUT2D eigenvalue weighted by Gasteiger charge is -2.35. The van der Waals surface area contributed by atoms with E-state index in [0.717, 1.165) is 38.8 Å². The van der Waals surface area contributed by atoms with Crippen LogP contribution in [0.1, 0.15) is 58.8 Å². The van der Waals surface area contributed by atoms with Crippen LogP contribution in [0.5, 0.6) is 0 Å². The summed E-state index contributed by atoms with van der Waals surface area (Å²) in [6.45, 7) is 5.40. The van der Waals surface area contributed by atoms with E-state index in [4.69, 9.17) is 0 Å². The highest BCUT2D eigenvalue weighted by Crippen LogP contribution is 2.21. The van der Waals surface area contributed by atoms with Crippen LogP contribution in [0.25, 0.3) is 0 Å². The predicted octanol–water partition coefficient (Wildman–Crippen LogP) is 2.12. The molecule has 1 N–H and O–H groups in total. The summed E-state index contributed by atoms with van der Waals surface area (Å²) in [7, 11) is 0. The van der Waals surface area contributed by atoms with Crippen molar-refractivity contribution in [3.8, 4) is 0 Å². The molecule has 114 valence electrons. The molecule has 2 aliphatic rings. The minimum absolute atomic E-state index is 0.0650. The number of hydrogen-bond donors (Lipinski definition) is 1. The first kappa shape index (κ1) is 15.5. The number of nitrogens with zero attached hydrogens (tertiary/aromatic N) is 1. The molecule has 1 unspecified atom stereocenters. The highest BCUT2D eigenvalue weighted by Gasteiger charge is 2.29. The molecule has 0 spiro atoms. The molecule has 4 heteroatoms. The van der Waals surface area contributed by atoms with E-state index >= 15 is 0 Å². The van der Waals surface area contributed by atoms with Gasteiger partial charge in [-0.25, -0.2) is 0 Å². The molecule has 0 bridgehead atoms. The first-order valence-corrected chi connectivity index (χ1v) is 8.13. The number of amides is 1. The van der Waals surface area contributed by atoms with Gasteiger partial charge in [-0.3, -0.25) is 14.5 Å². The topological polar surface area (TPSA) is 49.4 Å².